The number of benzene rings is 1. The van der Waals surface area contributed by atoms with Crippen LogP contribution in [0.1, 0.15) is 23.6 Å². The highest BCUT2D eigenvalue weighted by Gasteiger charge is 2.23. The molecule has 2 N–H and O–H groups in total. The Morgan fingerprint density at radius 1 is 1.17 bits per heavy atom. The number of phenols is 1. The van der Waals surface area contributed by atoms with E-state index in [-0.39, 0.29) is 6.04 Å². The molecule has 0 saturated heterocycles. The number of rotatable bonds is 2. The Bertz CT molecular complexity index is 581. The third-order valence-corrected chi connectivity index (χ3v) is 3.06. The number of hydrazone groups is 1. The fourth-order valence-corrected chi connectivity index (χ4v) is 2.12. The number of hydrogen-bond acceptors (Lipinski definition) is 4. The van der Waals surface area contributed by atoms with E-state index >= 15 is 0 Å². The van der Waals surface area contributed by atoms with Gasteiger partial charge in [-0.25, -0.2) is 0 Å². The summed E-state index contributed by atoms with van der Waals surface area (Å²) in [5.74, 6) is 0.303. The summed E-state index contributed by atoms with van der Waals surface area (Å²) >= 11 is 0. The molecule has 2 aromatic rings. The third kappa shape index (κ3) is 1.93. The number of aromatic nitrogens is 1. The van der Waals surface area contributed by atoms with Crippen molar-refractivity contribution in [1.82, 2.24) is 10.4 Å². The molecule has 1 aliphatic rings. The highest BCUT2D eigenvalue weighted by molar-refractivity contribution is 6.01. The van der Waals surface area contributed by atoms with Gasteiger partial charge in [0.1, 0.15) is 5.75 Å². The maximum atomic E-state index is 9.82. The van der Waals surface area contributed by atoms with E-state index in [1.54, 1.807) is 18.5 Å². The lowest BCUT2D eigenvalue weighted by molar-refractivity contribution is 0.455. The first-order valence-electron chi connectivity index (χ1n) is 5.85. The van der Waals surface area contributed by atoms with Crippen LogP contribution in [0.2, 0.25) is 0 Å². The molecule has 1 aliphatic heterocycles. The highest BCUT2D eigenvalue weighted by Crippen LogP contribution is 2.29. The molecule has 2 heterocycles. The minimum absolute atomic E-state index is 0.0291. The van der Waals surface area contributed by atoms with E-state index in [0.717, 1.165) is 23.3 Å². The largest absolute Gasteiger partial charge is 0.508 e. The molecule has 0 spiro atoms. The van der Waals surface area contributed by atoms with Crippen molar-refractivity contribution in [2.24, 2.45) is 5.10 Å². The van der Waals surface area contributed by atoms with Crippen LogP contribution in [0.3, 0.4) is 0 Å². The zero-order chi connectivity index (χ0) is 12.4. The number of phenolic OH excluding ortho intramolecular Hbond substituents is 1. The predicted octanol–water partition coefficient (Wildman–Crippen LogP) is 2.23. The number of hydrogen-bond donors (Lipinski definition) is 2. The van der Waals surface area contributed by atoms with E-state index in [9.17, 15) is 5.11 Å². The van der Waals surface area contributed by atoms with Crippen molar-refractivity contribution in [1.29, 1.82) is 0 Å². The summed E-state index contributed by atoms with van der Waals surface area (Å²) in [6.45, 7) is 0. The van der Waals surface area contributed by atoms with Crippen molar-refractivity contribution < 1.29 is 5.11 Å². The maximum Gasteiger partial charge on any atom is 0.120 e. The summed E-state index contributed by atoms with van der Waals surface area (Å²) in [7, 11) is 0. The van der Waals surface area contributed by atoms with Gasteiger partial charge in [0.25, 0.3) is 0 Å². The van der Waals surface area contributed by atoms with E-state index in [1.165, 1.54) is 0 Å². The number of aromatic hydroxyl groups is 1. The summed E-state index contributed by atoms with van der Waals surface area (Å²) < 4.78 is 0. The summed E-state index contributed by atoms with van der Waals surface area (Å²) in [6.07, 6.45) is 4.30. The molecule has 0 saturated carbocycles. The molecule has 0 unspecified atom stereocenters. The second-order valence-electron chi connectivity index (χ2n) is 4.24. The smallest absolute Gasteiger partial charge is 0.120 e. The van der Waals surface area contributed by atoms with Gasteiger partial charge in [-0.1, -0.05) is 24.3 Å². The van der Waals surface area contributed by atoms with E-state index in [4.69, 9.17) is 0 Å². The van der Waals surface area contributed by atoms with Crippen molar-refractivity contribution in [2.75, 3.05) is 0 Å². The van der Waals surface area contributed by atoms with E-state index in [2.05, 4.69) is 15.5 Å². The summed E-state index contributed by atoms with van der Waals surface area (Å²) in [4.78, 5) is 4.09. The molecule has 0 fully saturated rings. The van der Waals surface area contributed by atoms with Gasteiger partial charge in [0.05, 0.1) is 11.8 Å². The first kappa shape index (κ1) is 10.8. The Balaban J connectivity index is 1.81. The van der Waals surface area contributed by atoms with Gasteiger partial charge in [-0.15, -0.1) is 0 Å². The van der Waals surface area contributed by atoms with Crippen LogP contribution >= 0.6 is 0 Å². The number of nitrogens with zero attached hydrogens (tertiary/aromatic N) is 2. The minimum Gasteiger partial charge on any atom is -0.508 e. The molecule has 0 amide bonds. The molecular formula is C14H13N3O. The highest BCUT2D eigenvalue weighted by atomic mass is 16.3. The number of pyridine rings is 1. The molecule has 18 heavy (non-hydrogen) atoms. The van der Waals surface area contributed by atoms with Gasteiger partial charge in [0.15, 0.2) is 0 Å². The average molecular weight is 239 g/mol. The van der Waals surface area contributed by atoms with Gasteiger partial charge >= 0.3 is 0 Å². The molecule has 4 heteroatoms. The quantitative estimate of drug-likeness (QED) is 0.844. The van der Waals surface area contributed by atoms with Gasteiger partial charge in [0, 0.05) is 29.9 Å². The SMILES string of the molecule is Oc1ccccc1[C@@H]1CC(c2cccnc2)=NN1. The van der Waals surface area contributed by atoms with Gasteiger partial charge in [-0.2, -0.15) is 5.10 Å². The van der Waals surface area contributed by atoms with Crippen LogP contribution < -0.4 is 5.43 Å². The maximum absolute atomic E-state index is 9.82. The van der Waals surface area contributed by atoms with E-state index in [1.807, 2.05) is 30.3 Å². The lowest BCUT2D eigenvalue weighted by Crippen LogP contribution is -2.10. The van der Waals surface area contributed by atoms with Gasteiger partial charge in [-0.3, -0.25) is 4.98 Å². The normalized spacial score (nSPS) is 18.2. The van der Waals surface area contributed by atoms with Crippen molar-refractivity contribution in [3.63, 3.8) is 0 Å². The van der Waals surface area contributed by atoms with Crippen LogP contribution in [-0.4, -0.2) is 15.8 Å². The van der Waals surface area contributed by atoms with Crippen molar-refractivity contribution in [2.45, 2.75) is 12.5 Å². The molecule has 0 bridgehead atoms. The Labute approximate surface area is 105 Å². The van der Waals surface area contributed by atoms with Crippen molar-refractivity contribution in [3.8, 4) is 5.75 Å². The summed E-state index contributed by atoms with van der Waals surface area (Å²) in [5, 5.41) is 14.1. The fraction of sp³-hybridized carbons (Fsp3) is 0.143. The van der Waals surface area contributed by atoms with Crippen molar-refractivity contribution in [3.05, 3.63) is 59.9 Å². The van der Waals surface area contributed by atoms with E-state index in [0.29, 0.717) is 5.75 Å². The molecule has 0 aliphatic carbocycles. The first-order valence-corrected chi connectivity index (χ1v) is 5.85. The number of nitrogens with one attached hydrogen (secondary N) is 1. The Kier molecular flexibility index (Phi) is 2.68. The molecule has 3 rings (SSSR count). The van der Waals surface area contributed by atoms with Crippen LogP contribution in [0.5, 0.6) is 5.75 Å². The molecule has 1 atom stereocenters. The standard InChI is InChI=1S/C14H13N3O/c18-14-6-2-1-5-11(14)13-8-12(16-17-13)10-4-3-7-15-9-10/h1-7,9,13,17-18H,8H2/t13-/m0/s1. The molecule has 0 radical (unpaired) electrons. The zero-order valence-electron chi connectivity index (χ0n) is 9.74. The Hall–Kier alpha value is -2.36. The number of para-hydroxylation sites is 1. The van der Waals surface area contributed by atoms with Crippen LogP contribution in [0.4, 0.5) is 0 Å². The topological polar surface area (TPSA) is 57.5 Å². The lowest BCUT2D eigenvalue weighted by Gasteiger charge is -2.11. The Morgan fingerprint density at radius 3 is 2.83 bits per heavy atom. The second-order valence-corrected chi connectivity index (χ2v) is 4.24. The van der Waals surface area contributed by atoms with Gasteiger partial charge < -0.3 is 10.5 Å². The first-order chi connectivity index (χ1) is 8.84. The zero-order valence-corrected chi connectivity index (χ0v) is 9.74. The average Bonchev–Trinajstić information content (AvgIpc) is 2.90. The molecule has 1 aromatic carbocycles. The minimum atomic E-state index is 0.0291. The van der Waals surface area contributed by atoms with Crippen LogP contribution in [0.15, 0.2) is 53.9 Å². The fourth-order valence-electron chi connectivity index (χ4n) is 2.12. The summed E-state index contributed by atoms with van der Waals surface area (Å²) in [5.41, 5.74) is 5.92. The molecule has 4 nitrogen and oxygen atoms in total. The monoisotopic (exact) mass is 239 g/mol. The second kappa shape index (κ2) is 4.49. The third-order valence-electron chi connectivity index (χ3n) is 3.06. The Morgan fingerprint density at radius 2 is 2.06 bits per heavy atom. The summed E-state index contributed by atoms with van der Waals surface area (Å²) in [6, 6.07) is 11.2. The molecule has 1 aromatic heterocycles. The van der Waals surface area contributed by atoms with Crippen LogP contribution in [-0.2, 0) is 0 Å². The van der Waals surface area contributed by atoms with Gasteiger partial charge in [0.2, 0.25) is 0 Å². The van der Waals surface area contributed by atoms with E-state index < -0.39 is 0 Å². The molecule has 90 valence electrons. The van der Waals surface area contributed by atoms with Crippen LogP contribution in [0, 0.1) is 0 Å². The predicted molar refractivity (Wildman–Crippen MR) is 69.4 cm³/mol. The lowest BCUT2D eigenvalue weighted by atomic mass is 9.99. The molecular weight excluding hydrogens is 226 g/mol. The van der Waals surface area contributed by atoms with Crippen molar-refractivity contribution >= 4 is 5.71 Å². The van der Waals surface area contributed by atoms with Gasteiger partial charge in [-0.05, 0) is 12.1 Å². The van der Waals surface area contributed by atoms with Crippen LogP contribution in [0.25, 0.3) is 0 Å².